The van der Waals surface area contributed by atoms with Crippen LogP contribution in [0.15, 0.2) is 53.4 Å². The maximum atomic E-state index is 14.4. The van der Waals surface area contributed by atoms with E-state index in [0.29, 0.717) is 85.7 Å². The van der Waals surface area contributed by atoms with Gasteiger partial charge in [0.05, 0.1) is 159 Å². The van der Waals surface area contributed by atoms with Crippen LogP contribution in [0.3, 0.4) is 0 Å². The molecule has 11 aliphatic rings. The molecular weight excluding hydrogens is 1520 g/mol. The third-order valence-corrected chi connectivity index (χ3v) is 24.0. The van der Waals surface area contributed by atoms with Gasteiger partial charge in [0.15, 0.2) is 5.79 Å². The molecule has 10 N–H and O–H groups in total. The zero-order chi connectivity index (χ0) is 83.0. The Morgan fingerprint density at radius 2 is 1.38 bits per heavy atom. The highest BCUT2D eigenvalue weighted by Crippen LogP contribution is 2.58. The fourth-order valence-corrected chi connectivity index (χ4v) is 17.7. The van der Waals surface area contributed by atoms with E-state index in [4.69, 9.17) is 82.4 Å². The summed E-state index contributed by atoms with van der Waals surface area (Å²) >= 11 is 0. The van der Waals surface area contributed by atoms with E-state index in [0.717, 1.165) is 56.9 Å². The Kier molecular flexibility index (Phi) is 34.7. The van der Waals surface area contributed by atoms with E-state index in [1.54, 1.807) is 44.3 Å². The van der Waals surface area contributed by atoms with Crippen molar-refractivity contribution >= 4 is 59.1 Å². The summed E-state index contributed by atoms with van der Waals surface area (Å²) in [5.74, 6) is -3.41. The second-order valence-corrected chi connectivity index (χ2v) is 33.1. The zero-order valence-electron chi connectivity index (χ0n) is 68.1. The first-order valence-corrected chi connectivity index (χ1v) is 42.2. The number of hydrogen-bond donors (Lipinski definition) is 9. The summed E-state index contributed by atoms with van der Waals surface area (Å²) in [7, 11) is 0. The number of benzene rings is 1. The molecule has 35 heteroatoms. The van der Waals surface area contributed by atoms with Crippen LogP contribution in [0.25, 0.3) is 0 Å². The molecule has 0 radical (unpaired) electrons. The normalized spacial score (nSPS) is 30.9. The molecule has 0 aromatic heterocycles. The third kappa shape index (κ3) is 26.9. The van der Waals surface area contributed by atoms with Crippen LogP contribution in [0, 0.1) is 41.0 Å². The topological polar surface area (TPSA) is 450 Å². The van der Waals surface area contributed by atoms with Crippen molar-refractivity contribution in [1.29, 1.82) is 5.53 Å². The number of nitrogens with zero attached hydrogens (tertiary/aromatic N) is 2. The number of hydrogen-bond acceptors (Lipinski definition) is 28. The van der Waals surface area contributed by atoms with E-state index in [-0.39, 0.29) is 240 Å². The Balaban J connectivity index is 0.557. The molecule has 10 heterocycles. The number of fused-ring (bicyclic) bond motifs is 6. The molecule has 10 aliphatic heterocycles. The molecule has 1 aromatic rings. The summed E-state index contributed by atoms with van der Waals surface area (Å²) in [4.78, 5) is 120. The first-order chi connectivity index (χ1) is 56.4. The van der Waals surface area contributed by atoms with Gasteiger partial charge >= 0.3 is 18.1 Å². The number of carbonyl (C=O) groups is 9. The molecule has 21 atom stereocenters. The molecule has 1 saturated carbocycles. The van der Waals surface area contributed by atoms with Gasteiger partial charge in [0, 0.05) is 95.2 Å². The number of alkyl carbamates (subject to hydrolysis) is 1. The maximum absolute atomic E-state index is 14.4. The molecule has 1 aromatic carbocycles. The standard InChI is InChI=1S/C82H124N10O25/c1-48(2)73(90-69(95)19-24-103-27-30-106-32-29-105-26-23-85-44-56(91-84)47-108-34-33-107-31-28-104-25-20-72(98)117-92-70(96)16-17-71(92)97)79(100)89-64(7-6-22-86-80(83)101)78(99)88-55-11-8-52(9-12-55)46-109-81(102)87-45-58(94)41-62-38-54-37-57(93)40-60-13-10-53-39-63-75-68-43-82(115-75,116-77(74(53)113-60)76(63)114-68)21-18-61-36-50(4)65(110-61)15-14-59-35-49(3)51(5)66(111-59)42-67(54)112-62/h8-9,11-12,44,48-49,51,53-54,58-68,73-77,84-85,94H,4,6-7,10,13-43,45-47H2,1-3,5H3,(H,87,102)(H,88,99)(H,89,100)(H,90,95)(H3,83,86,101)/b56-44-,91-84?/t49-,51?,53-,54-,58+,59+,60-,61+,62+,63?,64?,65+,66?,67+,68-,73+,74?,75-,76-,77+,82+/m1/s1. The second kappa shape index (κ2) is 44.9. The number of urea groups is 1. The van der Waals surface area contributed by atoms with Crippen LogP contribution in [-0.4, -0.2) is 260 Å². The quantitative estimate of drug-likeness (QED) is 0.0164. The summed E-state index contributed by atoms with van der Waals surface area (Å²) in [5, 5.41) is 31.9. The first-order valence-electron chi connectivity index (χ1n) is 42.2. The van der Waals surface area contributed by atoms with Crippen molar-refractivity contribution in [2.75, 3.05) is 104 Å². The summed E-state index contributed by atoms with van der Waals surface area (Å²) in [6, 6.07) is 3.68. The minimum atomic E-state index is -1.10. The average Bonchev–Trinajstić information content (AvgIpc) is 1.55. The maximum Gasteiger partial charge on any atom is 0.407 e. The SMILES string of the molecule is C=C1C[C@@H]2CC[C@@]34C[C@H]5O[C@@H]6C(C[C@H]7CC[C@H](CC(=O)C[C@@H]8C[C@@H](C[C@H](O)CNC(=O)OCc9ccc(NC(=O)C(CCCNC(N)=O)NC(=O)[C@@H](NC(=O)CCOCCOCCOCCN/C=C(/COCCOCCOCCC(=O)ON%10C(=O)CCC%10=O)N=N)C(C)C)cc9)O[C@H]8CC8O[C@@H](CC[C@@H]1O2)C[C@@H](C)C8C)OC7[C@@H]6O3)[C@H]5O4. The average molecular weight is 1650 g/mol. The molecule has 5 unspecified atom stereocenters. The fraction of sp³-hybridized carbons (Fsp3) is 0.768. The highest BCUT2D eigenvalue weighted by molar-refractivity contribution is 6.01. The van der Waals surface area contributed by atoms with E-state index in [2.05, 4.69) is 57.4 Å². The second-order valence-electron chi connectivity index (χ2n) is 33.1. The van der Waals surface area contributed by atoms with Crippen LogP contribution >= 0.6 is 0 Å². The molecule has 117 heavy (non-hydrogen) atoms. The molecule has 11 fully saturated rings. The number of rotatable bonds is 42. The van der Waals surface area contributed by atoms with Crippen LogP contribution in [0.4, 0.5) is 15.3 Å². The van der Waals surface area contributed by atoms with Crippen molar-refractivity contribution in [1.82, 2.24) is 31.6 Å². The van der Waals surface area contributed by atoms with Crippen molar-refractivity contribution in [3.05, 3.63) is 53.9 Å². The molecule has 10 saturated heterocycles. The van der Waals surface area contributed by atoms with Crippen molar-refractivity contribution < 1.29 is 119 Å². The van der Waals surface area contributed by atoms with Crippen LogP contribution in [0.5, 0.6) is 0 Å². The lowest BCUT2D eigenvalue weighted by Gasteiger charge is -2.47. The van der Waals surface area contributed by atoms with E-state index in [1.807, 2.05) is 0 Å². The summed E-state index contributed by atoms with van der Waals surface area (Å²) in [6.45, 7) is 15.3. The van der Waals surface area contributed by atoms with Crippen molar-refractivity contribution in [2.45, 2.75) is 266 Å². The van der Waals surface area contributed by atoms with Crippen LogP contribution in [0.1, 0.15) is 168 Å². The predicted molar refractivity (Wildman–Crippen MR) is 415 cm³/mol. The van der Waals surface area contributed by atoms with Crippen LogP contribution in [0.2, 0.25) is 0 Å². The van der Waals surface area contributed by atoms with Gasteiger partial charge in [-0.25, -0.2) is 19.9 Å². The number of aliphatic hydroxyl groups excluding tert-OH is 1. The molecule has 1 spiro atoms. The molecule has 12 bridgehead atoms. The number of ether oxygens (including phenoxy) is 14. The zero-order valence-corrected chi connectivity index (χ0v) is 68.1. The van der Waals surface area contributed by atoms with Gasteiger partial charge in [-0.15, -0.1) is 5.06 Å². The Morgan fingerprint density at radius 3 is 2.11 bits per heavy atom. The lowest BCUT2D eigenvalue weighted by atomic mass is 9.70. The Bertz CT molecular complexity index is 3510. The van der Waals surface area contributed by atoms with Crippen LogP contribution in [-0.2, 0) is 111 Å². The van der Waals surface area contributed by atoms with Gasteiger partial charge in [0.1, 0.15) is 36.3 Å². The number of amides is 8. The van der Waals surface area contributed by atoms with Crippen molar-refractivity contribution in [2.24, 2.45) is 46.4 Å². The van der Waals surface area contributed by atoms with Gasteiger partial charge in [-0.3, -0.25) is 28.8 Å². The van der Waals surface area contributed by atoms with Crippen LogP contribution < -0.4 is 37.6 Å². The molecule has 652 valence electrons. The van der Waals surface area contributed by atoms with E-state index in [9.17, 15) is 48.3 Å². The molecule has 35 nitrogen and oxygen atoms in total. The monoisotopic (exact) mass is 1650 g/mol. The Hall–Kier alpha value is -7.23. The minimum absolute atomic E-state index is 0.000165. The lowest BCUT2D eigenvalue weighted by molar-refractivity contribution is -0.281. The van der Waals surface area contributed by atoms with Gasteiger partial charge in [-0.05, 0) is 123 Å². The number of anilines is 1. The van der Waals surface area contributed by atoms with Gasteiger partial charge in [-0.2, -0.15) is 5.11 Å². The molecule has 12 rings (SSSR count). The fourth-order valence-electron chi connectivity index (χ4n) is 17.7. The highest BCUT2D eigenvalue weighted by atomic mass is 16.8. The van der Waals surface area contributed by atoms with E-state index >= 15 is 0 Å². The summed E-state index contributed by atoms with van der Waals surface area (Å²) in [5.41, 5.74) is 15.1. The van der Waals surface area contributed by atoms with E-state index < -0.39 is 71.6 Å². The number of nitrogens with two attached hydrogens (primary N) is 1. The van der Waals surface area contributed by atoms with Gasteiger partial charge < -0.3 is 114 Å². The number of nitrogens with one attached hydrogen (secondary N) is 7. The predicted octanol–water partition coefficient (Wildman–Crippen LogP) is 5.69. The minimum Gasteiger partial charge on any atom is -0.445 e. The highest BCUT2D eigenvalue weighted by Gasteiger charge is 2.68. The van der Waals surface area contributed by atoms with Crippen molar-refractivity contribution in [3.63, 3.8) is 0 Å². The number of ketones is 1. The van der Waals surface area contributed by atoms with Crippen molar-refractivity contribution in [3.8, 4) is 0 Å². The number of hydroxylamine groups is 2. The summed E-state index contributed by atoms with van der Waals surface area (Å²) in [6.07, 6.45) is 8.69. The van der Waals surface area contributed by atoms with Gasteiger partial charge in [0.2, 0.25) is 17.7 Å². The molecule has 8 amide bonds. The molecule has 1 aliphatic carbocycles. The van der Waals surface area contributed by atoms with E-state index in [1.165, 1.54) is 0 Å². The number of carbonyl (C=O) groups excluding carboxylic acids is 9. The number of primary amides is 1. The third-order valence-electron chi connectivity index (χ3n) is 24.0. The Morgan fingerprint density at radius 1 is 0.692 bits per heavy atom. The number of imide groups is 1. The van der Waals surface area contributed by atoms with Gasteiger partial charge in [0.25, 0.3) is 11.8 Å². The lowest BCUT2D eigenvalue weighted by Crippen LogP contribution is -2.56. The first kappa shape index (κ1) is 90.5. The molecular formula is C82H124N10O25. The van der Waals surface area contributed by atoms with Gasteiger partial charge in [-0.1, -0.05) is 46.4 Å². The number of Topliss-reactive ketones (excluding diaryl/α,β-unsaturated/α-hetero) is 1. The number of aliphatic hydroxyl groups is 1. The summed E-state index contributed by atoms with van der Waals surface area (Å²) < 4.78 is 87.0. The largest absolute Gasteiger partial charge is 0.445 e. The smallest absolute Gasteiger partial charge is 0.407 e. The Labute approximate surface area is 683 Å².